The molecular weight excluding hydrogens is 368 g/mol. The third-order valence-electron chi connectivity index (χ3n) is 4.16. The van der Waals surface area contributed by atoms with Gasteiger partial charge in [0.1, 0.15) is 0 Å². The molecule has 7 nitrogen and oxygen atoms in total. The number of benzene rings is 1. The number of anilines is 2. The summed E-state index contributed by atoms with van der Waals surface area (Å²) < 4.78 is 5.20. The smallest absolute Gasteiger partial charge is 0.319 e. The quantitative estimate of drug-likeness (QED) is 0.724. The Morgan fingerprint density at radius 2 is 1.69 bits per heavy atom. The van der Waals surface area contributed by atoms with E-state index in [9.17, 15) is 9.59 Å². The summed E-state index contributed by atoms with van der Waals surface area (Å²) in [5.74, 6) is 0.0584. The first-order valence-electron chi connectivity index (χ1n) is 9.92. The summed E-state index contributed by atoms with van der Waals surface area (Å²) in [6.45, 7) is 12.9. The number of nitrogens with one attached hydrogen (secondary N) is 2. The van der Waals surface area contributed by atoms with E-state index in [2.05, 4.69) is 10.6 Å². The molecule has 2 N–H and O–H groups in total. The predicted molar refractivity (Wildman–Crippen MR) is 119 cm³/mol. The molecule has 0 unspecified atom stereocenters. The van der Waals surface area contributed by atoms with Gasteiger partial charge in [-0.15, -0.1) is 0 Å². The first-order valence-corrected chi connectivity index (χ1v) is 9.92. The molecule has 0 radical (unpaired) electrons. The first kappa shape index (κ1) is 24.8. The maximum Gasteiger partial charge on any atom is 0.319 e. The van der Waals surface area contributed by atoms with Crippen LogP contribution in [-0.2, 0) is 16.1 Å². The van der Waals surface area contributed by atoms with Crippen molar-refractivity contribution in [2.24, 2.45) is 5.41 Å². The fourth-order valence-electron chi connectivity index (χ4n) is 2.86. The molecule has 0 saturated carbocycles. The average Bonchev–Trinajstić information content (AvgIpc) is 2.55. The molecule has 1 aromatic carbocycles. The summed E-state index contributed by atoms with van der Waals surface area (Å²) in [6.07, 6.45) is 0. The van der Waals surface area contributed by atoms with Crippen LogP contribution in [0.25, 0.3) is 0 Å². The van der Waals surface area contributed by atoms with E-state index in [-0.39, 0.29) is 17.5 Å². The van der Waals surface area contributed by atoms with Gasteiger partial charge < -0.3 is 25.2 Å². The first-order chi connectivity index (χ1) is 13.2. The molecule has 7 heteroatoms. The number of methoxy groups -OCH3 is 1. The monoisotopic (exact) mass is 406 g/mol. The van der Waals surface area contributed by atoms with Crippen LogP contribution in [0.4, 0.5) is 16.2 Å². The van der Waals surface area contributed by atoms with Gasteiger partial charge in [-0.1, -0.05) is 20.8 Å². The van der Waals surface area contributed by atoms with Crippen molar-refractivity contribution in [3.05, 3.63) is 23.8 Å². The molecule has 3 amide bonds. The number of hydrogen-bond donors (Lipinski definition) is 2. The van der Waals surface area contributed by atoms with E-state index < -0.39 is 5.41 Å². The summed E-state index contributed by atoms with van der Waals surface area (Å²) in [5.41, 5.74) is 1.82. The minimum Gasteiger partial charge on any atom is -0.383 e. The lowest BCUT2D eigenvalue weighted by molar-refractivity contribution is -0.140. The fraction of sp³-hybridized carbons (Fsp3) is 0.636. The number of ether oxygens (including phenoxy) is 1. The average molecular weight is 407 g/mol. The lowest BCUT2D eigenvalue weighted by Gasteiger charge is -2.31. The number of amides is 3. The van der Waals surface area contributed by atoms with Crippen molar-refractivity contribution in [2.75, 3.05) is 44.6 Å². The van der Waals surface area contributed by atoms with Crippen LogP contribution in [0.15, 0.2) is 18.2 Å². The Kier molecular flexibility index (Phi) is 8.50. The Morgan fingerprint density at radius 1 is 1.07 bits per heavy atom. The number of carbonyl (C=O) groups excluding carboxylic acids is 2. The number of carbonyl (C=O) groups is 2. The zero-order valence-electron chi connectivity index (χ0n) is 19.5. The maximum absolute atomic E-state index is 13.0. The number of nitrogens with zero attached hydrogens (tertiary/aromatic N) is 2. The molecule has 1 rings (SSSR count). The molecule has 0 heterocycles. The van der Waals surface area contributed by atoms with Crippen molar-refractivity contribution in [1.82, 2.24) is 10.2 Å². The van der Waals surface area contributed by atoms with E-state index in [1.54, 1.807) is 7.11 Å². The predicted octanol–water partition coefficient (Wildman–Crippen LogP) is 3.69. The highest BCUT2D eigenvalue weighted by atomic mass is 16.5. The molecule has 0 saturated heterocycles. The molecule has 0 atom stereocenters. The molecule has 0 aliphatic rings. The van der Waals surface area contributed by atoms with E-state index >= 15 is 0 Å². The van der Waals surface area contributed by atoms with Gasteiger partial charge in [-0.3, -0.25) is 4.79 Å². The number of rotatable bonds is 7. The van der Waals surface area contributed by atoms with Crippen molar-refractivity contribution >= 4 is 23.3 Å². The highest BCUT2D eigenvalue weighted by Gasteiger charge is 2.28. The highest BCUT2D eigenvalue weighted by molar-refractivity contribution is 5.90. The van der Waals surface area contributed by atoms with Gasteiger partial charge in [0.15, 0.2) is 0 Å². The van der Waals surface area contributed by atoms with Crippen LogP contribution in [-0.4, -0.2) is 56.7 Å². The Balaban J connectivity index is 3.17. The van der Waals surface area contributed by atoms with Gasteiger partial charge in [-0.2, -0.15) is 0 Å². The van der Waals surface area contributed by atoms with E-state index in [0.717, 1.165) is 11.3 Å². The zero-order chi connectivity index (χ0) is 22.4. The van der Waals surface area contributed by atoms with Crippen molar-refractivity contribution in [3.63, 3.8) is 0 Å². The third-order valence-corrected chi connectivity index (χ3v) is 4.16. The molecule has 0 fully saturated rings. The minimum absolute atomic E-state index is 0.0584. The van der Waals surface area contributed by atoms with Crippen LogP contribution in [0.2, 0.25) is 0 Å². The molecule has 0 aliphatic carbocycles. The summed E-state index contributed by atoms with van der Waals surface area (Å²) >= 11 is 0. The van der Waals surface area contributed by atoms with E-state index in [4.69, 9.17) is 4.74 Å². The summed E-state index contributed by atoms with van der Waals surface area (Å²) in [6, 6.07) is 5.49. The minimum atomic E-state index is -0.492. The van der Waals surface area contributed by atoms with Crippen molar-refractivity contribution in [2.45, 2.75) is 53.6 Å². The van der Waals surface area contributed by atoms with Crippen LogP contribution in [0.1, 0.15) is 47.1 Å². The second-order valence-electron chi connectivity index (χ2n) is 9.54. The van der Waals surface area contributed by atoms with Gasteiger partial charge in [0.05, 0.1) is 6.61 Å². The molecule has 0 bridgehead atoms. The largest absolute Gasteiger partial charge is 0.383 e. The Bertz CT molecular complexity index is 703. The van der Waals surface area contributed by atoms with Crippen LogP contribution < -0.4 is 15.5 Å². The van der Waals surface area contributed by atoms with Crippen molar-refractivity contribution in [3.8, 4) is 0 Å². The number of urea groups is 1. The number of hydrogen-bond acceptors (Lipinski definition) is 4. The van der Waals surface area contributed by atoms with Gasteiger partial charge in [0, 0.05) is 56.6 Å². The molecular formula is C22H38N4O3. The van der Waals surface area contributed by atoms with Crippen LogP contribution in [0.5, 0.6) is 0 Å². The Morgan fingerprint density at radius 3 is 2.17 bits per heavy atom. The lowest BCUT2D eigenvalue weighted by Crippen LogP contribution is -2.43. The Hall–Kier alpha value is -2.28. The zero-order valence-corrected chi connectivity index (χ0v) is 19.5. The SMILES string of the molecule is COCCN(Cc1cc(NC(=O)NC(C)(C)C)ccc1N(C)C)C(=O)C(C)(C)C. The summed E-state index contributed by atoms with van der Waals surface area (Å²) in [5, 5.41) is 5.77. The normalized spacial score (nSPS) is 11.8. The van der Waals surface area contributed by atoms with Crippen LogP contribution >= 0.6 is 0 Å². The van der Waals surface area contributed by atoms with E-state index in [1.807, 2.05) is 83.6 Å². The molecule has 164 valence electrons. The van der Waals surface area contributed by atoms with Gasteiger partial charge in [-0.05, 0) is 44.5 Å². The third kappa shape index (κ3) is 8.31. The topological polar surface area (TPSA) is 73.9 Å². The van der Waals surface area contributed by atoms with Gasteiger partial charge in [-0.25, -0.2) is 4.79 Å². The van der Waals surface area contributed by atoms with Gasteiger partial charge >= 0.3 is 6.03 Å². The fourth-order valence-corrected chi connectivity index (χ4v) is 2.86. The highest BCUT2D eigenvalue weighted by Crippen LogP contribution is 2.26. The second kappa shape index (κ2) is 9.96. The lowest BCUT2D eigenvalue weighted by atomic mass is 9.94. The van der Waals surface area contributed by atoms with Crippen LogP contribution in [0, 0.1) is 5.41 Å². The van der Waals surface area contributed by atoms with Gasteiger partial charge in [0.25, 0.3) is 0 Å². The van der Waals surface area contributed by atoms with Crippen molar-refractivity contribution in [1.29, 1.82) is 0 Å². The summed E-state index contributed by atoms with van der Waals surface area (Å²) in [7, 11) is 5.55. The molecule has 1 aromatic rings. The second-order valence-corrected chi connectivity index (χ2v) is 9.54. The molecule has 0 aromatic heterocycles. The van der Waals surface area contributed by atoms with Gasteiger partial charge in [0.2, 0.25) is 5.91 Å². The molecule has 0 aliphatic heterocycles. The van der Waals surface area contributed by atoms with E-state index in [1.165, 1.54) is 0 Å². The van der Waals surface area contributed by atoms with Crippen molar-refractivity contribution < 1.29 is 14.3 Å². The van der Waals surface area contributed by atoms with E-state index in [0.29, 0.717) is 25.4 Å². The molecule has 29 heavy (non-hydrogen) atoms. The van der Waals surface area contributed by atoms with Crippen LogP contribution in [0.3, 0.4) is 0 Å². The standard InChI is InChI=1S/C22H38N4O3/c1-21(2,3)19(27)26(12-13-29-9)15-16-14-17(10-11-18(16)25(7)8)23-20(28)24-22(4,5)6/h10-11,14H,12-13,15H2,1-9H3,(H2,23,24,28). The molecule has 0 spiro atoms. The summed E-state index contributed by atoms with van der Waals surface area (Å²) in [4.78, 5) is 29.0. The Labute approximate surface area is 175 Å². The maximum atomic E-state index is 13.0.